The van der Waals surface area contributed by atoms with Gasteiger partial charge in [-0.25, -0.2) is 0 Å². The molecule has 1 atom stereocenters. The second-order valence-electron chi connectivity index (χ2n) is 5.56. The number of rotatable bonds is 7. The summed E-state index contributed by atoms with van der Waals surface area (Å²) in [4.78, 5) is 11.8. The molecule has 0 aromatic heterocycles. The molecule has 2 aliphatic carbocycles. The molecule has 0 radical (unpaired) electrons. The fraction of sp³-hybridized carbons (Fsp3) is 0.923. The van der Waals surface area contributed by atoms with Gasteiger partial charge in [-0.1, -0.05) is 6.92 Å². The number of nitrogens with two attached hydrogens (primary N) is 1. The zero-order valence-electron chi connectivity index (χ0n) is 10.2. The Balaban J connectivity index is 1.70. The molecule has 0 heterocycles. The van der Waals surface area contributed by atoms with Gasteiger partial charge in [0.2, 0.25) is 5.91 Å². The zero-order chi connectivity index (χ0) is 11.5. The van der Waals surface area contributed by atoms with Crippen LogP contribution in [0.3, 0.4) is 0 Å². The molecule has 0 aliphatic heterocycles. The van der Waals surface area contributed by atoms with Crippen molar-refractivity contribution in [1.82, 2.24) is 5.32 Å². The number of amides is 1. The van der Waals surface area contributed by atoms with Crippen LogP contribution in [0.5, 0.6) is 0 Å². The van der Waals surface area contributed by atoms with E-state index >= 15 is 0 Å². The number of carbonyl (C=O) groups is 1. The highest BCUT2D eigenvalue weighted by molar-refractivity contribution is 5.78. The second kappa shape index (κ2) is 5.17. The van der Waals surface area contributed by atoms with Gasteiger partial charge in [0.05, 0.1) is 0 Å². The predicted octanol–water partition coefficient (Wildman–Crippen LogP) is 1.52. The van der Waals surface area contributed by atoms with E-state index in [1.165, 1.54) is 25.7 Å². The summed E-state index contributed by atoms with van der Waals surface area (Å²) < 4.78 is 0. The van der Waals surface area contributed by atoms with Crippen LogP contribution < -0.4 is 11.1 Å². The van der Waals surface area contributed by atoms with Crippen molar-refractivity contribution in [2.45, 2.75) is 39.0 Å². The lowest BCUT2D eigenvalue weighted by Crippen LogP contribution is -2.35. The molecule has 3 N–H and O–H groups in total. The lowest BCUT2D eigenvalue weighted by molar-refractivity contribution is -0.124. The smallest absolute Gasteiger partial charge is 0.222 e. The Morgan fingerprint density at radius 2 is 1.88 bits per heavy atom. The molecule has 2 aliphatic rings. The molecular formula is C13H24N2O. The van der Waals surface area contributed by atoms with Crippen LogP contribution in [0.15, 0.2) is 0 Å². The van der Waals surface area contributed by atoms with E-state index in [2.05, 4.69) is 5.32 Å². The maximum absolute atomic E-state index is 11.8. The lowest BCUT2D eigenvalue weighted by atomic mass is 9.97. The molecule has 3 nitrogen and oxygen atoms in total. The highest BCUT2D eigenvalue weighted by Crippen LogP contribution is 2.48. The fourth-order valence-corrected chi connectivity index (χ4v) is 2.54. The van der Waals surface area contributed by atoms with Crippen molar-refractivity contribution < 1.29 is 4.79 Å². The van der Waals surface area contributed by atoms with Crippen LogP contribution in [0.25, 0.3) is 0 Å². The molecule has 3 heteroatoms. The molecule has 2 saturated carbocycles. The first kappa shape index (κ1) is 11.9. The van der Waals surface area contributed by atoms with Gasteiger partial charge in [-0.3, -0.25) is 4.79 Å². The van der Waals surface area contributed by atoms with Gasteiger partial charge < -0.3 is 11.1 Å². The van der Waals surface area contributed by atoms with Crippen molar-refractivity contribution in [3.63, 3.8) is 0 Å². The number of hydrogen-bond donors (Lipinski definition) is 2. The molecule has 2 rings (SSSR count). The molecule has 92 valence electrons. The maximum Gasteiger partial charge on any atom is 0.222 e. The van der Waals surface area contributed by atoms with E-state index in [-0.39, 0.29) is 11.8 Å². The monoisotopic (exact) mass is 224 g/mol. The SMILES string of the molecule is CC(CCN)C(=O)NCC(C1CC1)C1CC1. The molecule has 0 aromatic carbocycles. The fourth-order valence-electron chi connectivity index (χ4n) is 2.54. The van der Waals surface area contributed by atoms with Crippen molar-refractivity contribution in [3.8, 4) is 0 Å². The molecule has 16 heavy (non-hydrogen) atoms. The normalized spacial score (nSPS) is 22.2. The van der Waals surface area contributed by atoms with Crippen LogP contribution in [0.1, 0.15) is 39.0 Å². The molecular weight excluding hydrogens is 200 g/mol. The van der Waals surface area contributed by atoms with Gasteiger partial charge in [-0.2, -0.15) is 0 Å². The van der Waals surface area contributed by atoms with E-state index in [0.717, 1.165) is 30.7 Å². The lowest BCUT2D eigenvalue weighted by Gasteiger charge is -2.18. The van der Waals surface area contributed by atoms with Crippen molar-refractivity contribution in [1.29, 1.82) is 0 Å². The van der Waals surface area contributed by atoms with E-state index in [1.54, 1.807) is 0 Å². The van der Waals surface area contributed by atoms with E-state index < -0.39 is 0 Å². The minimum Gasteiger partial charge on any atom is -0.356 e. The zero-order valence-corrected chi connectivity index (χ0v) is 10.2. The predicted molar refractivity (Wildman–Crippen MR) is 64.8 cm³/mol. The van der Waals surface area contributed by atoms with Crippen LogP contribution in [0, 0.1) is 23.7 Å². The van der Waals surface area contributed by atoms with Crippen molar-refractivity contribution >= 4 is 5.91 Å². The molecule has 0 bridgehead atoms. The molecule has 2 fully saturated rings. The molecule has 1 unspecified atom stereocenters. The standard InChI is InChI=1S/C13H24N2O/c1-9(6-7-14)13(16)15-8-12(10-2-3-10)11-4-5-11/h9-12H,2-8,14H2,1H3,(H,15,16). The van der Waals surface area contributed by atoms with Gasteiger partial charge in [0, 0.05) is 12.5 Å². The summed E-state index contributed by atoms with van der Waals surface area (Å²) in [5.41, 5.74) is 5.46. The van der Waals surface area contributed by atoms with E-state index in [0.29, 0.717) is 6.54 Å². The first-order valence-electron chi connectivity index (χ1n) is 6.70. The minimum atomic E-state index is 0.0732. The Labute approximate surface area is 98.2 Å². The summed E-state index contributed by atoms with van der Waals surface area (Å²) in [6, 6.07) is 0. The maximum atomic E-state index is 11.8. The van der Waals surface area contributed by atoms with Gasteiger partial charge >= 0.3 is 0 Å². The van der Waals surface area contributed by atoms with Gasteiger partial charge in [0.25, 0.3) is 0 Å². The third kappa shape index (κ3) is 3.21. The average Bonchev–Trinajstić information content (AvgIpc) is 3.12. The first-order valence-corrected chi connectivity index (χ1v) is 6.70. The Morgan fingerprint density at radius 3 is 2.31 bits per heavy atom. The van der Waals surface area contributed by atoms with Gasteiger partial charge in [-0.05, 0) is 56.4 Å². The number of nitrogens with one attached hydrogen (secondary N) is 1. The molecule has 1 amide bonds. The summed E-state index contributed by atoms with van der Waals surface area (Å²) in [5, 5.41) is 3.12. The number of hydrogen-bond acceptors (Lipinski definition) is 2. The van der Waals surface area contributed by atoms with E-state index in [1.807, 2.05) is 6.92 Å². The van der Waals surface area contributed by atoms with Crippen LogP contribution in [-0.2, 0) is 4.79 Å². The van der Waals surface area contributed by atoms with E-state index in [9.17, 15) is 4.79 Å². The van der Waals surface area contributed by atoms with Gasteiger partial charge in [-0.15, -0.1) is 0 Å². The second-order valence-corrected chi connectivity index (χ2v) is 5.56. The van der Waals surface area contributed by atoms with Gasteiger partial charge in [0.1, 0.15) is 0 Å². The summed E-state index contributed by atoms with van der Waals surface area (Å²) in [7, 11) is 0. The topological polar surface area (TPSA) is 55.1 Å². The summed E-state index contributed by atoms with van der Waals surface area (Å²) >= 11 is 0. The van der Waals surface area contributed by atoms with Crippen molar-refractivity contribution in [2.75, 3.05) is 13.1 Å². The quantitative estimate of drug-likeness (QED) is 0.689. The average molecular weight is 224 g/mol. The molecule has 0 aromatic rings. The van der Waals surface area contributed by atoms with E-state index in [4.69, 9.17) is 5.73 Å². The largest absolute Gasteiger partial charge is 0.356 e. The first-order chi connectivity index (χ1) is 7.72. The van der Waals surface area contributed by atoms with Crippen LogP contribution in [0.2, 0.25) is 0 Å². The highest BCUT2D eigenvalue weighted by atomic mass is 16.1. The van der Waals surface area contributed by atoms with Crippen LogP contribution in [0.4, 0.5) is 0 Å². The third-order valence-corrected chi connectivity index (χ3v) is 4.01. The minimum absolute atomic E-state index is 0.0732. The Kier molecular flexibility index (Phi) is 3.85. The molecule has 0 saturated heterocycles. The summed E-state index contributed by atoms with van der Waals surface area (Å²) in [5.74, 6) is 2.87. The Hall–Kier alpha value is -0.570. The third-order valence-electron chi connectivity index (χ3n) is 4.01. The van der Waals surface area contributed by atoms with Gasteiger partial charge in [0.15, 0.2) is 0 Å². The van der Waals surface area contributed by atoms with Crippen LogP contribution >= 0.6 is 0 Å². The summed E-state index contributed by atoms with van der Waals surface area (Å²) in [6.07, 6.45) is 6.33. The summed E-state index contributed by atoms with van der Waals surface area (Å²) in [6.45, 7) is 3.47. The Bertz CT molecular complexity index is 234. The van der Waals surface area contributed by atoms with Crippen LogP contribution in [-0.4, -0.2) is 19.0 Å². The number of carbonyl (C=O) groups excluding carboxylic acids is 1. The molecule has 0 spiro atoms. The van der Waals surface area contributed by atoms with Crippen molar-refractivity contribution in [3.05, 3.63) is 0 Å². The van der Waals surface area contributed by atoms with Crippen molar-refractivity contribution in [2.24, 2.45) is 29.4 Å². The Morgan fingerprint density at radius 1 is 1.31 bits per heavy atom. The highest BCUT2D eigenvalue weighted by Gasteiger charge is 2.41.